The molecule has 0 bridgehead atoms. The van der Waals surface area contributed by atoms with Crippen LogP contribution in [0.5, 0.6) is 5.75 Å². The van der Waals surface area contributed by atoms with Crippen LogP contribution in [0.15, 0.2) is 47.4 Å². The van der Waals surface area contributed by atoms with Crippen LogP contribution >= 0.6 is 0 Å². The molecule has 0 radical (unpaired) electrons. The summed E-state index contributed by atoms with van der Waals surface area (Å²) in [4.78, 5) is 25.2. The minimum absolute atomic E-state index is 0.0664. The molecule has 0 spiro atoms. The quantitative estimate of drug-likeness (QED) is 0.877. The molecule has 19 heavy (non-hydrogen) atoms. The van der Waals surface area contributed by atoms with Crippen LogP contribution in [0.3, 0.4) is 0 Å². The Morgan fingerprint density at radius 1 is 1.26 bits per heavy atom. The van der Waals surface area contributed by atoms with E-state index in [9.17, 15) is 14.0 Å². The smallest absolute Gasteiger partial charge is 0.290 e. The van der Waals surface area contributed by atoms with Gasteiger partial charge in [0.25, 0.3) is 11.5 Å². The number of aromatic amines is 1. The molecule has 2 rings (SSSR count). The van der Waals surface area contributed by atoms with Gasteiger partial charge >= 0.3 is 0 Å². The van der Waals surface area contributed by atoms with Crippen LogP contribution in [0.4, 0.5) is 10.1 Å². The van der Waals surface area contributed by atoms with E-state index >= 15 is 0 Å². The number of hydrogen-bond acceptors (Lipinski definition) is 3. The van der Waals surface area contributed by atoms with Crippen LogP contribution in [0.25, 0.3) is 0 Å². The van der Waals surface area contributed by atoms with Gasteiger partial charge < -0.3 is 15.0 Å². The first-order valence-corrected chi connectivity index (χ1v) is 5.51. The lowest BCUT2D eigenvalue weighted by Gasteiger charge is -2.06. The Labute approximate surface area is 108 Å². The van der Waals surface area contributed by atoms with Gasteiger partial charge in [0.05, 0.1) is 0 Å². The number of halogens is 1. The summed E-state index contributed by atoms with van der Waals surface area (Å²) in [5.41, 5.74) is 0.0500. The van der Waals surface area contributed by atoms with E-state index in [-0.39, 0.29) is 18.2 Å². The van der Waals surface area contributed by atoms with E-state index in [1.807, 2.05) is 0 Å². The second kappa shape index (κ2) is 5.81. The SMILES string of the molecule is O=C(COc1ccc[nH]c1=O)Nc1ccc(F)cc1. The molecular formula is C13H11FN2O3. The Kier molecular flexibility index (Phi) is 3.92. The van der Waals surface area contributed by atoms with E-state index in [0.717, 1.165) is 0 Å². The summed E-state index contributed by atoms with van der Waals surface area (Å²) in [6.45, 7) is -0.301. The monoisotopic (exact) mass is 262 g/mol. The van der Waals surface area contributed by atoms with Crippen molar-refractivity contribution in [1.82, 2.24) is 4.98 Å². The van der Waals surface area contributed by atoms with Crippen LogP contribution in [-0.4, -0.2) is 17.5 Å². The highest BCUT2D eigenvalue weighted by Gasteiger charge is 2.05. The molecule has 98 valence electrons. The van der Waals surface area contributed by atoms with Gasteiger partial charge in [-0.3, -0.25) is 9.59 Å². The summed E-state index contributed by atoms with van der Waals surface area (Å²) >= 11 is 0. The third-order valence-corrected chi connectivity index (χ3v) is 2.27. The van der Waals surface area contributed by atoms with Gasteiger partial charge in [0.1, 0.15) is 5.82 Å². The maximum atomic E-state index is 12.7. The predicted molar refractivity (Wildman–Crippen MR) is 67.6 cm³/mol. The molecule has 0 aliphatic heterocycles. The minimum atomic E-state index is -0.435. The Morgan fingerprint density at radius 2 is 2.00 bits per heavy atom. The second-order valence-electron chi connectivity index (χ2n) is 3.71. The average molecular weight is 262 g/mol. The average Bonchev–Trinajstić information content (AvgIpc) is 2.40. The van der Waals surface area contributed by atoms with Crippen LogP contribution in [-0.2, 0) is 4.79 Å². The van der Waals surface area contributed by atoms with Gasteiger partial charge in [-0.2, -0.15) is 0 Å². The number of pyridine rings is 1. The van der Waals surface area contributed by atoms with Crippen molar-refractivity contribution in [3.8, 4) is 5.75 Å². The highest BCUT2D eigenvalue weighted by Crippen LogP contribution is 2.08. The van der Waals surface area contributed by atoms with Gasteiger partial charge in [0.15, 0.2) is 12.4 Å². The molecule has 5 nitrogen and oxygen atoms in total. The molecule has 1 amide bonds. The van der Waals surface area contributed by atoms with E-state index in [4.69, 9.17) is 4.74 Å². The molecule has 1 aromatic heterocycles. The van der Waals surface area contributed by atoms with E-state index in [2.05, 4.69) is 10.3 Å². The maximum absolute atomic E-state index is 12.7. The Morgan fingerprint density at radius 3 is 2.68 bits per heavy atom. The molecule has 0 fully saturated rings. The zero-order valence-corrected chi connectivity index (χ0v) is 9.85. The maximum Gasteiger partial charge on any atom is 0.290 e. The number of hydrogen-bond donors (Lipinski definition) is 2. The first-order valence-electron chi connectivity index (χ1n) is 5.51. The lowest BCUT2D eigenvalue weighted by molar-refractivity contribution is -0.118. The van der Waals surface area contributed by atoms with Crippen LogP contribution in [0.2, 0.25) is 0 Å². The zero-order valence-electron chi connectivity index (χ0n) is 9.85. The van der Waals surface area contributed by atoms with Crippen molar-refractivity contribution in [2.45, 2.75) is 0 Å². The molecule has 6 heteroatoms. The molecule has 0 aliphatic rings. The molecule has 0 aliphatic carbocycles. The van der Waals surface area contributed by atoms with Crippen LogP contribution in [0, 0.1) is 5.82 Å². The number of nitrogens with one attached hydrogen (secondary N) is 2. The van der Waals surface area contributed by atoms with Crippen LogP contribution in [0.1, 0.15) is 0 Å². The Hall–Kier alpha value is -2.63. The highest BCUT2D eigenvalue weighted by molar-refractivity contribution is 5.91. The number of anilines is 1. The summed E-state index contributed by atoms with van der Waals surface area (Å²) < 4.78 is 17.7. The fourth-order valence-corrected chi connectivity index (χ4v) is 1.39. The summed E-state index contributed by atoms with van der Waals surface area (Å²) in [6.07, 6.45) is 1.47. The minimum Gasteiger partial charge on any atom is -0.478 e. The van der Waals surface area contributed by atoms with Crippen molar-refractivity contribution in [3.05, 3.63) is 58.8 Å². The van der Waals surface area contributed by atoms with E-state index < -0.39 is 11.5 Å². The predicted octanol–water partition coefficient (Wildman–Crippen LogP) is 1.53. The fraction of sp³-hybridized carbons (Fsp3) is 0.0769. The summed E-state index contributed by atoms with van der Waals surface area (Å²) in [6, 6.07) is 8.39. The van der Waals surface area contributed by atoms with Crippen molar-refractivity contribution < 1.29 is 13.9 Å². The lowest BCUT2D eigenvalue weighted by Crippen LogP contribution is -2.22. The van der Waals surface area contributed by atoms with Gasteiger partial charge in [-0.25, -0.2) is 4.39 Å². The first kappa shape index (κ1) is 12.8. The lowest BCUT2D eigenvalue weighted by atomic mass is 10.3. The van der Waals surface area contributed by atoms with Gasteiger partial charge in [-0.05, 0) is 36.4 Å². The summed E-state index contributed by atoms with van der Waals surface area (Å²) in [7, 11) is 0. The van der Waals surface area contributed by atoms with Gasteiger partial charge in [-0.15, -0.1) is 0 Å². The molecule has 1 heterocycles. The molecule has 0 saturated heterocycles. The van der Waals surface area contributed by atoms with Crippen molar-refractivity contribution in [1.29, 1.82) is 0 Å². The molecular weight excluding hydrogens is 251 g/mol. The highest BCUT2D eigenvalue weighted by atomic mass is 19.1. The van der Waals surface area contributed by atoms with Crippen LogP contribution < -0.4 is 15.6 Å². The summed E-state index contributed by atoms with van der Waals surface area (Å²) in [5.74, 6) is -0.753. The van der Waals surface area contributed by atoms with Gasteiger partial charge in [0, 0.05) is 11.9 Å². The standard InChI is InChI=1S/C13H11FN2O3/c14-9-3-5-10(6-4-9)16-12(17)8-19-11-2-1-7-15-13(11)18/h1-7H,8H2,(H,15,18)(H,16,17). The van der Waals surface area contributed by atoms with Crippen molar-refractivity contribution >= 4 is 11.6 Å². The number of ether oxygens (including phenoxy) is 1. The Balaban J connectivity index is 1.90. The van der Waals surface area contributed by atoms with Gasteiger partial charge in [-0.1, -0.05) is 0 Å². The number of amides is 1. The number of aromatic nitrogens is 1. The Bertz CT molecular complexity index is 622. The topological polar surface area (TPSA) is 71.2 Å². The molecule has 2 N–H and O–H groups in total. The van der Waals surface area contributed by atoms with E-state index in [1.54, 1.807) is 6.07 Å². The molecule has 1 aromatic carbocycles. The van der Waals surface area contributed by atoms with E-state index in [0.29, 0.717) is 5.69 Å². The normalized spacial score (nSPS) is 9.95. The number of rotatable bonds is 4. The molecule has 0 atom stereocenters. The number of carbonyl (C=O) groups is 1. The fourth-order valence-electron chi connectivity index (χ4n) is 1.39. The summed E-state index contributed by atoms with van der Waals surface area (Å²) in [5, 5.41) is 2.52. The van der Waals surface area contributed by atoms with Crippen molar-refractivity contribution in [3.63, 3.8) is 0 Å². The third kappa shape index (κ3) is 3.67. The second-order valence-corrected chi connectivity index (χ2v) is 3.71. The van der Waals surface area contributed by atoms with Crippen molar-refractivity contribution in [2.75, 3.05) is 11.9 Å². The number of carbonyl (C=O) groups excluding carboxylic acids is 1. The number of H-pyrrole nitrogens is 1. The molecule has 2 aromatic rings. The molecule has 0 unspecified atom stereocenters. The zero-order chi connectivity index (χ0) is 13.7. The van der Waals surface area contributed by atoms with Crippen molar-refractivity contribution in [2.24, 2.45) is 0 Å². The third-order valence-electron chi connectivity index (χ3n) is 2.27. The molecule has 0 saturated carbocycles. The largest absolute Gasteiger partial charge is 0.478 e. The first-order chi connectivity index (χ1) is 9.15. The van der Waals surface area contributed by atoms with E-state index in [1.165, 1.54) is 36.5 Å². The number of benzene rings is 1. The van der Waals surface area contributed by atoms with Gasteiger partial charge in [0.2, 0.25) is 0 Å².